The zero-order valence-electron chi connectivity index (χ0n) is 12.0. The fourth-order valence-electron chi connectivity index (χ4n) is 1.71. The monoisotopic (exact) mass is 276 g/mol. The topological polar surface area (TPSA) is 97.3 Å². The first-order chi connectivity index (χ1) is 9.44. The zero-order valence-corrected chi connectivity index (χ0v) is 12.0. The summed E-state index contributed by atoms with van der Waals surface area (Å²) in [5, 5.41) is 6.32. The number of hydrogen-bond acceptors (Lipinski definition) is 5. The largest absolute Gasteiger partial charge is 0.369 e. The minimum Gasteiger partial charge on any atom is -0.369 e. The Bertz CT molecular complexity index is 618. The minimum absolute atomic E-state index is 0.354. The molecule has 0 unspecified atom stereocenters. The van der Waals surface area contributed by atoms with E-state index in [2.05, 4.69) is 20.6 Å². The third kappa shape index (κ3) is 2.81. The van der Waals surface area contributed by atoms with Crippen LogP contribution in [-0.4, -0.2) is 33.4 Å². The van der Waals surface area contributed by atoms with Gasteiger partial charge >= 0.3 is 0 Å². The van der Waals surface area contributed by atoms with E-state index in [1.165, 1.54) is 0 Å². The summed E-state index contributed by atoms with van der Waals surface area (Å²) in [5.74, 6) is 1.02. The highest BCUT2D eigenvalue weighted by molar-refractivity contribution is 5.81. The average molecular weight is 276 g/mol. The molecule has 7 heteroatoms. The van der Waals surface area contributed by atoms with Crippen molar-refractivity contribution in [1.29, 1.82) is 0 Å². The van der Waals surface area contributed by atoms with Gasteiger partial charge < -0.3 is 20.8 Å². The quantitative estimate of drug-likeness (QED) is 0.733. The smallest absolute Gasteiger partial charge is 0.224 e. The van der Waals surface area contributed by atoms with E-state index in [0.717, 1.165) is 12.4 Å². The zero-order chi connectivity index (χ0) is 14.8. The maximum absolute atomic E-state index is 11.4. The number of primary amides is 1. The second-order valence-electron chi connectivity index (χ2n) is 5.26. The molecule has 20 heavy (non-hydrogen) atoms. The molecule has 2 aromatic heterocycles. The molecule has 0 spiro atoms. The Labute approximate surface area is 117 Å². The normalized spacial score (nSPS) is 11.6. The predicted octanol–water partition coefficient (Wildman–Crippen LogP) is 1.08. The average Bonchev–Trinajstić information content (AvgIpc) is 2.84. The van der Waals surface area contributed by atoms with Gasteiger partial charge in [0.1, 0.15) is 5.82 Å². The molecular formula is C13H20N6O. The maximum Gasteiger partial charge on any atom is 0.224 e. The number of rotatable bonds is 6. The first kappa shape index (κ1) is 14.1. The lowest BCUT2D eigenvalue weighted by Gasteiger charge is -2.21. The highest BCUT2D eigenvalue weighted by atomic mass is 16.1. The number of carbonyl (C=O) groups excluding carboxylic acids is 1. The lowest BCUT2D eigenvalue weighted by Crippen LogP contribution is -2.37. The highest BCUT2D eigenvalue weighted by Gasteiger charge is 2.25. The minimum atomic E-state index is -0.653. The van der Waals surface area contributed by atoms with Gasteiger partial charge in [-0.2, -0.15) is 0 Å². The molecule has 0 aromatic carbocycles. The Kier molecular flexibility index (Phi) is 3.78. The van der Waals surface area contributed by atoms with Gasteiger partial charge in [-0.05, 0) is 20.8 Å². The molecule has 2 rings (SSSR count). The number of fused-ring (bicyclic) bond motifs is 1. The van der Waals surface area contributed by atoms with Gasteiger partial charge in [-0.15, -0.1) is 0 Å². The molecule has 4 N–H and O–H groups in total. The Morgan fingerprint density at radius 2 is 2.20 bits per heavy atom. The van der Waals surface area contributed by atoms with Crippen molar-refractivity contribution in [3.8, 4) is 0 Å². The van der Waals surface area contributed by atoms with Gasteiger partial charge in [0, 0.05) is 25.5 Å². The molecule has 0 radical (unpaired) electrons. The Morgan fingerprint density at radius 1 is 1.45 bits per heavy atom. The summed E-state index contributed by atoms with van der Waals surface area (Å²) in [6.07, 6.45) is 5.43. The molecule has 0 aliphatic heterocycles. The molecule has 0 bridgehead atoms. The van der Waals surface area contributed by atoms with Gasteiger partial charge in [0.15, 0.2) is 11.5 Å². The van der Waals surface area contributed by atoms with Gasteiger partial charge in [-0.3, -0.25) is 4.79 Å². The standard InChI is InChI=1S/C13H20N6O/c1-4-15-9-7-19-6-5-16-11(19)10(18-9)17-8-13(2,3)12(14)20/h5-7,15H,4,8H2,1-3H3,(H2,14,20)(H,17,18). The summed E-state index contributed by atoms with van der Waals surface area (Å²) in [6, 6.07) is 0. The fourth-order valence-corrected chi connectivity index (χ4v) is 1.71. The molecule has 108 valence electrons. The van der Waals surface area contributed by atoms with Crippen molar-refractivity contribution in [3.63, 3.8) is 0 Å². The molecule has 0 aliphatic rings. The highest BCUT2D eigenvalue weighted by Crippen LogP contribution is 2.20. The Hall–Kier alpha value is -2.31. The van der Waals surface area contributed by atoms with Crippen molar-refractivity contribution in [1.82, 2.24) is 14.4 Å². The van der Waals surface area contributed by atoms with Gasteiger partial charge in [0.2, 0.25) is 5.91 Å². The van der Waals surface area contributed by atoms with Crippen LogP contribution in [0.4, 0.5) is 11.6 Å². The van der Waals surface area contributed by atoms with Crippen LogP contribution >= 0.6 is 0 Å². The van der Waals surface area contributed by atoms with Crippen molar-refractivity contribution in [2.24, 2.45) is 11.1 Å². The number of amides is 1. The van der Waals surface area contributed by atoms with Crippen LogP contribution in [-0.2, 0) is 4.79 Å². The predicted molar refractivity (Wildman–Crippen MR) is 78.6 cm³/mol. The van der Waals surface area contributed by atoms with E-state index >= 15 is 0 Å². The Balaban J connectivity index is 2.28. The first-order valence-electron chi connectivity index (χ1n) is 6.55. The molecule has 2 heterocycles. The molecular weight excluding hydrogens is 256 g/mol. The van der Waals surface area contributed by atoms with E-state index in [1.54, 1.807) is 20.0 Å². The molecule has 0 atom stereocenters. The van der Waals surface area contributed by atoms with Crippen LogP contribution in [0.15, 0.2) is 18.6 Å². The summed E-state index contributed by atoms with van der Waals surface area (Å²) >= 11 is 0. The first-order valence-corrected chi connectivity index (χ1v) is 6.55. The molecule has 1 amide bonds. The fraction of sp³-hybridized carbons (Fsp3) is 0.462. The lowest BCUT2D eigenvalue weighted by atomic mass is 9.93. The van der Waals surface area contributed by atoms with Crippen molar-refractivity contribution < 1.29 is 4.79 Å². The lowest BCUT2D eigenvalue weighted by molar-refractivity contribution is -0.125. The summed E-state index contributed by atoms with van der Waals surface area (Å²) in [5.41, 5.74) is 5.43. The second-order valence-corrected chi connectivity index (χ2v) is 5.26. The van der Waals surface area contributed by atoms with Crippen LogP contribution < -0.4 is 16.4 Å². The van der Waals surface area contributed by atoms with Crippen LogP contribution in [0.1, 0.15) is 20.8 Å². The molecule has 0 fully saturated rings. The summed E-state index contributed by atoms with van der Waals surface area (Å²) in [6.45, 7) is 6.76. The SMILES string of the molecule is CCNc1cn2ccnc2c(NCC(C)(C)C(N)=O)n1. The van der Waals surface area contributed by atoms with Crippen molar-refractivity contribution >= 4 is 23.2 Å². The Morgan fingerprint density at radius 3 is 2.85 bits per heavy atom. The number of nitrogens with zero attached hydrogens (tertiary/aromatic N) is 3. The number of imidazole rings is 1. The van der Waals surface area contributed by atoms with Crippen LogP contribution in [0.25, 0.3) is 5.65 Å². The molecule has 0 saturated carbocycles. The van der Waals surface area contributed by atoms with E-state index in [4.69, 9.17) is 5.73 Å². The number of nitrogens with one attached hydrogen (secondary N) is 2. The van der Waals surface area contributed by atoms with Crippen LogP contribution in [0.3, 0.4) is 0 Å². The maximum atomic E-state index is 11.4. The summed E-state index contributed by atoms with van der Waals surface area (Å²) in [7, 11) is 0. The number of carbonyl (C=O) groups is 1. The molecule has 2 aromatic rings. The van der Waals surface area contributed by atoms with Crippen molar-refractivity contribution in [3.05, 3.63) is 18.6 Å². The van der Waals surface area contributed by atoms with Crippen molar-refractivity contribution in [2.75, 3.05) is 23.7 Å². The molecule has 0 saturated heterocycles. The van der Waals surface area contributed by atoms with Gasteiger partial charge in [-0.1, -0.05) is 0 Å². The number of anilines is 2. The van der Waals surface area contributed by atoms with Crippen LogP contribution in [0, 0.1) is 5.41 Å². The third-order valence-corrected chi connectivity index (χ3v) is 3.10. The number of aromatic nitrogens is 3. The number of nitrogens with two attached hydrogens (primary N) is 1. The van der Waals surface area contributed by atoms with E-state index in [9.17, 15) is 4.79 Å². The van der Waals surface area contributed by atoms with Crippen molar-refractivity contribution in [2.45, 2.75) is 20.8 Å². The second kappa shape index (κ2) is 5.36. The summed E-state index contributed by atoms with van der Waals surface area (Å²) in [4.78, 5) is 20.1. The van der Waals surface area contributed by atoms with E-state index in [-0.39, 0.29) is 5.91 Å². The van der Waals surface area contributed by atoms with Crippen LogP contribution in [0.2, 0.25) is 0 Å². The molecule has 7 nitrogen and oxygen atoms in total. The third-order valence-electron chi connectivity index (χ3n) is 3.10. The summed E-state index contributed by atoms with van der Waals surface area (Å²) < 4.78 is 1.88. The van der Waals surface area contributed by atoms with Gasteiger partial charge in [0.25, 0.3) is 0 Å². The van der Waals surface area contributed by atoms with Gasteiger partial charge in [-0.25, -0.2) is 9.97 Å². The van der Waals surface area contributed by atoms with E-state index in [0.29, 0.717) is 18.0 Å². The van der Waals surface area contributed by atoms with E-state index in [1.807, 2.05) is 23.7 Å². The molecule has 0 aliphatic carbocycles. The van der Waals surface area contributed by atoms with Crippen LogP contribution in [0.5, 0.6) is 0 Å². The number of hydrogen-bond donors (Lipinski definition) is 3. The van der Waals surface area contributed by atoms with Gasteiger partial charge in [0.05, 0.1) is 11.6 Å². The van der Waals surface area contributed by atoms with E-state index < -0.39 is 5.41 Å².